The van der Waals surface area contributed by atoms with Crippen molar-refractivity contribution in [2.45, 2.75) is 30.7 Å². The van der Waals surface area contributed by atoms with Crippen LogP contribution in [0, 0.1) is 0 Å². The molecular formula is C13H19BrN2OS. The monoisotopic (exact) mass is 330 g/mol. The average Bonchev–Trinajstić information content (AvgIpc) is 2.35. The molecule has 3 nitrogen and oxygen atoms in total. The molecule has 0 bridgehead atoms. The molecule has 0 aliphatic carbocycles. The second-order valence-corrected chi connectivity index (χ2v) is 6.08. The number of rotatable bonds is 8. The fourth-order valence-electron chi connectivity index (χ4n) is 1.49. The predicted molar refractivity (Wildman–Crippen MR) is 80.8 cm³/mol. The van der Waals surface area contributed by atoms with Crippen LogP contribution >= 0.6 is 27.7 Å². The van der Waals surface area contributed by atoms with Gasteiger partial charge < -0.3 is 11.1 Å². The first-order chi connectivity index (χ1) is 8.63. The summed E-state index contributed by atoms with van der Waals surface area (Å²) in [6.45, 7) is 2.90. The Morgan fingerprint density at radius 3 is 2.67 bits per heavy atom. The molecule has 1 unspecified atom stereocenters. The maximum absolute atomic E-state index is 11.2. The van der Waals surface area contributed by atoms with Gasteiger partial charge in [-0.25, -0.2) is 0 Å². The molecule has 1 aromatic carbocycles. The average molecular weight is 331 g/mol. The number of nitrogens with one attached hydrogen (secondary N) is 1. The molecule has 0 spiro atoms. The molecule has 1 amide bonds. The van der Waals surface area contributed by atoms with Gasteiger partial charge in [-0.1, -0.05) is 22.9 Å². The molecule has 0 aliphatic rings. The Hall–Kier alpha value is -0.520. The minimum Gasteiger partial charge on any atom is -0.368 e. The molecular weight excluding hydrogens is 312 g/mol. The van der Waals surface area contributed by atoms with Crippen molar-refractivity contribution >= 4 is 33.6 Å². The van der Waals surface area contributed by atoms with Gasteiger partial charge in [0.2, 0.25) is 5.91 Å². The summed E-state index contributed by atoms with van der Waals surface area (Å²) >= 11 is 5.14. The van der Waals surface area contributed by atoms with Crippen molar-refractivity contribution in [1.29, 1.82) is 0 Å². The lowest BCUT2D eigenvalue weighted by Gasteiger charge is -2.14. The van der Waals surface area contributed by atoms with E-state index in [1.807, 2.05) is 12.1 Å². The van der Waals surface area contributed by atoms with Crippen molar-refractivity contribution in [3.63, 3.8) is 0 Å². The molecule has 1 rings (SSSR count). The van der Waals surface area contributed by atoms with E-state index in [-0.39, 0.29) is 11.9 Å². The fraction of sp³-hybridized carbons (Fsp3) is 0.462. The maximum Gasteiger partial charge on any atom is 0.234 e. The Balaban J connectivity index is 2.34. The smallest absolute Gasteiger partial charge is 0.234 e. The van der Waals surface area contributed by atoms with Crippen LogP contribution in [0.1, 0.15) is 19.8 Å². The van der Waals surface area contributed by atoms with Crippen LogP contribution < -0.4 is 11.1 Å². The Morgan fingerprint density at radius 2 is 2.11 bits per heavy atom. The van der Waals surface area contributed by atoms with Crippen LogP contribution in [0.25, 0.3) is 0 Å². The van der Waals surface area contributed by atoms with E-state index in [1.165, 1.54) is 4.90 Å². The molecule has 0 radical (unpaired) electrons. The number of nitrogens with two attached hydrogens (primary N) is 1. The number of thioether (sulfide) groups is 1. The maximum atomic E-state index is 11.2. The summed E-state index contributed by atoms with van der Waals surface area (Å²) in [5.41, 5.74) is 5.36. The topological polar surface area (TPSA) is 55.1 Å². The lowest BCUT2D eigenvalue weighted by atomic mass is 10.2. The van der Waals surface area contributed by atoms with Gasteiger partial charge in [-0.15, -0.1) is 11.8 Å². The minimum atomic E-state index is -0.264. The highest BCUT2D eigenvalue weighted by atomic mass is 79.9. The predicted octanol–water partition coefficient (Wildman–Crippen LogP) is 2.78. The first-order valence-electron chi connectivity index (χ1n) is 6.04. The number of carbonyl (C=O) groups is 1. The van der Waals surface area contributed by atoms with Gasteiger partial charge in [0.25, 0.3) is 0 Å². The van der Waals surface area contributed by atoms with Crippen LogP contribution in [-0.4, -0.2) is 24.2 Å². The molecule has 0 saturated heterocycles. The Kier molecular flexibility index (Phi) is 7.39. The first kappa shape index (κ1) is 15.5. The molecule has 0 heterocycles. The zero-order valence-electron chi connectivity index (χ0n) is 10.5. The van der Waals surface area contributed by atoms with Crippen molar-refractivity contribution in [3.05, 3.63) is 28.7 Å². The number of hydrogen-bond donors (Lipinski definition) is 2. The number of amides is 1. The van der Waals surface area contributed by atoms with Crippen molar-refractivity contribution in [2.24, 2.45) is 5.73 Å². The Bertz CT molecular complexity index is 370. The van der Waals surface area contributed by atoms with E-state index < -0.39 is 0 Å². The summed E-state index contributed by atoms with van der Waals surface area (Å²) in [5.74, 6) is 0.617. The minimum absolute atomic E-state index is 0.215. The Morgan fingerprint density at radius 1 is 1.44 bits per heavy atom. The van der Waals surface area contributed by atoms with Gasteiger partial charge in [0.05, 0.1) is 6.04 Å². The van der Waals surface area contributed by atoms with E-state index in [0.717, 1.165) is 29.6 Å². The molecule has 5 heteroatoms. The molecule has 1 atom stereocenters. The van der Waals surface area contributed by atoms with Crippen LogP contribution in [0.5, 0.6) is 0 Å². The van der Waals surface area contributed by atoms with Crippen LogP contribution in [0.15, 0.2) is 33.6 Å². The molecule has 0 aromatic heterocycles. The highest BCUT2D eigenvalue weighted by Crippen LogP contribution is 2.21. The third kappa shape index (κ3) is 5.89. The van der Waals surface area contributed by atoms with E-state index in [0.29, 0.717) is 0 Å². The summed E-state index contributed by atoms with van der Waals surface area (Å²) in [7, 11) is 0. The molecule has 1 aromatic rings. The van der Waals surface area contributed by atoms with Crippen LogP contribution in [0.4, 0.5) is 0 Å². The quantitative estimate of drug-likeness (QED) is 0.720. The van der Waals surface area contributed by atoms with E-state index in [1.54, 1.807) is 11.8 Å². The van der Waals surface area contributed by atoms with Crippen LogP contribution in [0.2, 0.25) is 0 Å². The van der Waals surface area contributed by atoms with Gasteiger partial charge in [-0.3, -0.25) is 4.79 Å². The van der Waals surface area contributed by atoms with Gasteiger partial charge in [0.15, 0.2) is 0 Å². The molecule has 0 aliphatic heterocycles. The van der Waals surface area contributed by atoms with Crippen LogP contribution in [-0.2, 0) is 4.79 Å². The summed E-state index contributed by atoms with van der Waals surface area (Å²) in [6, 6.07) is 7.95. The highest BCUT2D eigenvalue weighted by molar-refractivity contribution is 9.10. The second-order valence-electron chi connectivity index (χ2n) is 4.00. The number of primary amides is 1. The van der Waals surface area contributed by atoms with Crippen molar-refractivity contribution in [1.82, 2.24) is 5.32 Å². The third-order valence-electron chi connectivity index (χ3n) is 2.47. The number of carbonyl (C=O) groups excluding carboxylic acids is 1. The summed E-state index contributed by atoms with van der Waals surface area (Å²) in [5, 5.41) is 3.17. The Labute approximate surface area is 121 Å². The summed E-state index contributed by atoms with van der Waals surface area (Å²) in [6.07, 6.45) is 1.76. The SMILES string of the molecule is CCCNC(CCSc1ccc(Br)cc1)C(N)=O. The highest BCUT2D eigenvalue weighted by Gasteiger charge is 2.13. The standard InChI is InChI=1S/C13H19BrN2OS/c1-2-8-16-12(13(15)17)7-9-18-11-5-3-10(14)4-6-11/h3-6,12,16H,2,7-9H2,1H3,(H2,15,17). The van der Waals surface area contributed by atoms with Gasteiger partial charge in [0.1, 0.15) is 0 Å². The van der Waals surface area contributed by atoms with Crippen molar-refractivity contribution in [2.75, 3.05) is 12.3 Å². The second kappa shape index (κ2) is 8.56. The molecule has 0 saturated carbocycles. The first-order valence-corrected chi connectivity index (χ1v) is 7.82. The molecule has 18 heavy (non-hydrogen) atoms. The fourth-order valence-corrected chi connectivity index (χ4v) is 2.67. The third-order valence-corrected chi connectivity index (χ3v) is 4.05. The lowest BCUT2D eigenvalue weighted by Crippen LogP contribution is -2.41. The number of hydrogen-bond acceptors (Lipinski definition) is 3. The number of benzene rings is 1. The number of halogens is 1. The van der Waals surface area contributed by atoms with Gasteiger partial charge in [-0.2, -0.15) is 0 Å². The van der Waals surface area contributed by atoms with Crippen molar-refractivity contribution in [3.8, 4) is 0 Å². The zero-order valence-corrected chi connectivity index (χ0v) is 12.9. The molecule has 100 valence electrons. The van der Waals surface area contributed by atoms with Gasteiger partial charge in [0, 0.05) is 9.37 Å². The van der Waals surface area contributed by atoms with E-state index >= 15 is 0 Å². The molecule has 3 N–H and O–H groups in total. The van der Waals surface area contributed by atoms with Gasteiger partial charge >= 0.3 is 0 Å². The normalized spacial score (nSPS) is 12.3. The van der Waals surface area contributed by atoms with E-state index in [4.69, 9.17) is 5.73 Å². The van der Waals surface area contributed by atoms with E-state index in [2.05, 4.69) is 40.3 Å². The molecule has 0 fully saturated rings. The largest absolute Gasteiger partial charge is 0.368 e. The lowest BCUT2D eigenvalue weighted by molar-refractivity contribution is -0.120. The van der Waals surface area contributed by atoms with Crippen molar-refractivity contribution < 1.29 is 4.79 Å². The zero-order chi connectivity index (χ0) is 13.4. The van der Waals surface area contributed by atoms with Gasteiger partial charge in [-0.05, 0) is 49.4 Å². The van der Waals surface area contributed by atoms with Crippen LogP contribution in [0.3, 0.4) is 0 Å². The summed E-state index contributed by atoms with van der Waals surface area (Å²) in [4.78, 5) is 12.4. The van der Waals surface area contributed by atoms with E-state index in [9.17, 15) is 4.79 Å². The summed E-state index contributed by atoms with van der Waals surface area (Å²) < 4.78 is 1.08.